The zero-order valence-electron chi connectivity index (χ0n) is 14.5. The third kappa shape index (κ3) is 4.03. The number of nitrogens with zero attached hydrogens (tertiary/aromatic N) is 2. The minimum Gasteiger partial charge on any atom is -0.494 e. The summed E-state index contributed by atoms with van der Waals surface area (Å²) in [5, 5.41) is 2.92. The van der Waals surface area contributed by atoms with Crippen molar-refractivity contribution >= 4 is 17.3 Å². The van der Waals surface area contributed by atoms with E-state index in [-0.39, 0.29) is 0 Å². The SMILES string of the molecule is CCc1nc(CC)n(-c2ccc(N[C@H](C)C(F)(F)F)cc2OC)c1Cl. The Morgan fingerprint density at radius 3 is 2.48 bits per heavy atom. The normalized spacial score (nSPS) is 13.0. The molecule has 0 fully saturated rings. The molecule has 0 amide bonds. The number of imidazole rings is 1. The van der Waals surface area contributed by atoms with Crippen LogP contribution in [0.2, 0.25) is 5.15 Å². The standard InChI is InChI=1S/C17H21ClF3N3O/c1-5-12-16(18)24(15(6-2)23-12)13-8-7-11(9-14(13)25-4)22-10(3)17(19,20)21/h7-10,22H,5-6H2,1-4H3/t10-/m1/s1. The number of anilines is 1. The third-order valence-corrected chi connectivity index (χ3v) is 4.29. The van der Waals surface area contributed by atoms with Gasteiger partial charge >= 0.3 is 6.18 Å². The maximum absolute atomic E-state index is 12.7. The summed E-state index contributed by atoms with van der Waals surface area (Å²) in [6, 6.07) is 3.11. The van der Waals surface area contributed by atoms with E-state index in [2.05, 4.69) is 10.3 Å². The number of aromatic nitrogens is 2. The van der Waals surface area contributed by atoms with Gasteiger partial charge in [-0.3, -0.25) is 4.57 Å². The number of alkyl halides is 3. The Labute approximate surface area is 150 Å². The lowest BCUT2D eigenvalue weighted by Gasteiger charge is -2.20. The Hall–Kier alpha value is -1.89. The Morgan fingerprint density at radius 2 is 1.96 bits per heavy atom. The number of hydrogen-bond acceptors (Lipinski definition) is 3. The largest absolute Gasteiger partial charge is 0.494 e. The van der Waals surface area contributed by atoms with E-state index in [0.29, 0.717) is 35.1 Å². The van der Waals surface area contributed by atoms with Crippen LogP contribution in [0.15, 0.2) is 18.2 Å². The Morgan fingerprint density at radius 1 is 1.28 bits per heavy atom. The van der Waals surface area contributed by atoms with Gasteiger partial charge in [-0.15, -0.1) is 0 Å². The second-order valence-corrected chi connectivity index (χ2v) is 5.96. The first-order valence-electron chi connectivity index (χ1n) is 8.00. The van der Waals surface area contributed by atoms with E-state index in [1.807, 2.05) is 13.8 Å². The molecule has 1 aromatic carbocycles. The van der Waals surface area contributed by atoms with Crippen molar-refractivity contribution in [3.63, 3.8) is 0 Å². The summed E-state index contributed by atoms with van der Waals surface area (Å²) in [6.45, 7) is 4.98. The molecule has 0 aliphatic rings. The van der Waals surface area contributed by atoms with E-state index in [9.17, 15) is 13.2 Å². The van der Waals surface area contributed by atoms with E-state index in [1.165, 1.54) is 13.2 Å². The molecule has 1 N–H and O–H groups in total. The summed E-state index contributed by atoms with van der Waals surface area (Å²) in [5.41, 5.74) is 1.73. The Bertz CT molecular complexity index is 743. The van der Waals surface area contributed by atoms with Crippen LogP contribution in [0.1, 0.15) is 32.3 Å². The van der Waals surface area contributed by atoms with Crippen molar-refractivity contribution in [2.75, 3.05) is 12.4 Å². The molecule has 4 nitrogen and oxygen atoms in total. The molecular formula is C17H21ClF3N3O. The van der Waals surface area contributed by atoms with Crippen LogP contribution < -0.4 is 10.1 Å². The molecule has 25 heavy (non-hydrogen) atoms. The summed E-state index contributed by atoms with van der Waals surface area (Å²) in [4.78, 5) is 4.51. The van der Waals surface area contributed by atoms with Crippen LogP contribution in [0, 0.1) is 0 Å². The quantitative estimate of drug-likeness (QED) is 0.770. The highest BCUT2D eigenvalue weighted by Crippen LogP contribution is 2.33. The van der Waals surface area contributed by atoms with Gasteiger partial charge < -0.3 is 10.1 Å². The maximum atomic E-state index is 12.7. The van der Waals surface area contributed by atoms with E-state index in [1.54, 1.807) is 16.7 Å². The van der Waals surface area contributed by atoms with Gasteiger partial charge in [0, 0.05) is 18.2 Å². The number of benzene rings is 1. The smallest absolute Gasteiger partial charge is 0.408 e. The van der Waals surface area contributed by atoms with Crippen LogP contribution in [-0.4, -0.2) is 28.9 Å². The van der Waals surface area contributed by atoms with Gasteiger partial charge in [0.1, 0.15) is 22.8 Å². The number of nitrogens with one attached hydrogen (secondary N) is 1. The minimum absolute atomic E-state index is 0.315. The molecule has 2 aromatic rings. The molecule has 1 aromatic heterocycles. The number of methoxy groups -OCH3 is 1. The summed E-state index contributed by atoms with van der Waals surface area (Å²) in [6.07, 6.45) is -2.98. The molecule has 0 saturated carbocycles. The van der Waals surface area contributed by atoms with Gasteiger partial charge in [0.05, 0.1) is 18.5 Å². The number of aryl methyl sites for hydroxylation is 2. The van der Waals surface area contributed by atoms with Gasteiger partial charge in [0.2, 0.25) is 0 Å². The van der Waals surface area contributed by atoms with Crippen molar-refractivity contribution < 1.29 is 17.9 Å². The Balaban J connectivity index is 2.46. The second kappa shape index (κ2) is 7.56. The molecule has 0 aliphatic heterocycles. The predicted octanol–water partition coefficient (Wildman–Crippen LogP) is 5.02. The lowest BCUT2D eigenvalue weighted by molar-refractivity contribution is -0.138. The van der Waals surface area contributed by atoms with E-state index in [0.717, 1.165) is 18.4 Å². The van der Waals surface area contributed by atoms with Gasteiger partial charge in [0.15, 0.2) is 0 Å². The highest BCUT2D eigenvalue weighted by Gasteiger charge is 2.36. The molecule has 2 rings (SSSR count). The fourth-order valence-electron chi connectivity index (χ4n) is 2.49. The monoisotopic (exact) mass is 375 g/mol. The average Bonchev–Trinajstić information content (AvgIpc) is 2.89. The second-order valence-electron chi connectivity index (χ2n) is 5.60. The predicted molar refractivity (Wildman–Crippen MR) is 93.0 cm³/mol. The van der Waals surface area contributed by atoms with E-state index in [4.69, 9.17) is 16.3 Å². The molecule has 0 unspecified atom stereocenters. The van der Waals surface area contributed by atoms with Crippen molar-refractivity contribution in [2.24, 2.45) is 0 Å². The zero-order chi connectivity index (χ0) is 18.8. The lowest BCUT2D eigenvalue weighted by atomic mass is 10.2. The third-order valence-electron chi connectivity index (χ3n) is 3.90. The molecule has 0 saturated heterocycles. The maximum Gasteiger partial charge on any atom is 0.408 e. The number of ether oxygens (including phenoxy) is 1. The molecule has 0 radical (unpaired) electrons. The number of hydrogen-bond donors (Lipinski definition) is 1. The summed E-state index contributed by atoms with van der Waals surface area (Å²) in [5.74, 6) is 1.18. The van der Waals surface area contributed by atoms with Crippen LogP contribution in [0.3, 0.4) is 0 Å². The van der Waals surface area contributed by atoms with E-state index >= 15 is 0 Å². The summed E-state index contributed by atoms with van der Waals surface area (Å²) >= 11 is 6.44. The molecule has 8 heteroatoms. The highest BCUT2D eigenvalue weighted by molar-refractivity contribution is 6.30. The van der Waals surface area contributed by atoms with Crippen molar-refractivity contribution in [1.82, 2.24) is 9.55 Å². The van der Waals surface area contributed by atoms with Gasteiger partial charge in [-0.25, -0.2) is 4.98 Å². The van der Waals surface area contributed by atoms with Crippen molar-refractivity contribution in [1.29, 1.82) is 0 Å². The Kier molecular flexibility index (Phi) is 5.87. The van der Waals surface area contributed by atoms with Crippen LogP contribution in [0.5, 0.6) is 5.75 Å². The molecule has 0 spiro atoms. The molecular weight excluding hydrogens is 355 g/mol. The van der Waals surface area contributed by atoms with Crippen molar-refractivity contribution in [3.05, 3.63) is 34.9 Å². The molecule has 0 bridgehead atoms. The van der Waals surface area contributed by atoms with E-state index < -0.39 is 12.2 Å². The summed E-state index contributed by atoms with van der Waals surface area (Å²) in [7, 11) is 1.47. The van der Waals surface area contributed by atoms with Gasteiger partial charge in [0.25, 0.3) is 0 Å². The van der Waals surface area contributed by atoms with Crippen LogP contribution in [-0.2, 0) is 12.8 Å². The molecule has 138 valence electrons. The molecule has 1 atom stereocenters. The summed E-state index contributed by atoms with van der Waals surface area (Å²) < 4.78 is 45.3. The first kappa shape index (κ1) is 19.4. The number of halogens is 4. The number of rotatable bonds is 6. The van der Waals surface area contributed by atoms with Crippen molar-refractivity contribution in [3.8, 4) is 11.4 Å². The van der Waals surface area contributed by atoms with Gasteiger partial charge in [-0.05, 0) is 25.5 Å². The molecule has 1 heterocycles. The first-order chi connectivity index (χ1) is 11.7. The van der Waals surface area contributed by atoms with Gasteiger partial charge in [-0.2, -0.15) is 13.2 Å². The fourth-order valence-corrected chi connectivity index (χ4v) is 2.85. The van der Waals surface area contributed by atoms with Crippen molar-refractivity contribution in [2.45, 2.75) is 45.8 Å². The topological polar surface area (TPSA) is 39.1 Å². The minimum atomic E-state index is -4.33. The fraction of sp³-hybridized carbons (Fsp3) is 0.471. The highest BCUT2D eigenvalue weighted by atomic mass is 35.5. The van der Waals surface area contributed by atoms with Crippen LogP contribution >= 0.6 is 11.6 Å². The van der Waals surface area contributed by atoms with Crippen LogP contribution in [0.25, 0.3) is 5.69 Å². The zero-order valence-corrected chi connectivity index (χ0v) is 15.3. The first-order valence-corrected chi connectivity index (χ1v) is 8.38. The van der Waals surface area contributed by atoms with Crippen LogP contribution in [0.4, 0.5) is 18.9 Å². The average molecular weight is 376 g/mol. The lowest BCUT2D eigenvalue weighted by Crippen LogP contribution is -2.33. The molecule has 0 aliphatic carbocycles. The van der Waals surface area contributed by atoms with Gasteiger partial charge in [-0.1, -0.05) is 25.4 Å².